The van der Waals surface area contributed by atoms with Crippen LogP contribution in [0.15, 0.2) is 12.1 Å². The number of nitro groups is 1. The average molecular weight is 283 g/mol. The average Bonchev–Trinajstić information content (AvgIpc) is 2.17. The molecule has 0 aromatic heterocycles. The summed E-state index contributed by atoms with van der Waals surface area (Å²) in [4.78, 5) is 11.4. The third kappa shape index (κ3) is 3.33. The first-order chi connectivity index (χ1) is 8.12. The molecule has 0 atom stereocenters. The smallest absolute Gasteiger partial charge is 0.305 e. The molecule has 0 saturated heterocycles. The second-order valence-electron chi connectivity index (χ2n) is 3.97. The van der Waals surface area contributed by atoms with Gasteiger partial charge in [-0.25, -0.2) is 0 Å². The van der Waals surface area contributed by atoms with Crippen LogP contribution < -0.4 is 0 Å². The van der Waals surface area contributed by atoms with Crippen LogP contribution in [0.4, 0.5) is 18.9 Å². The molecule has 0 aliphatic rings. The maximum Gasteiger partial charge on any atom is 0.418 e. The highest BCUT2D eigenvalue weighted by Gasteiger charge is 2.37. The van der Waals surface area contributed by atoms with Crippen LogP contribution in [-0.2, 0) is 12.7 Å². The number of halogens is 4. The van der Waals surface area contributed by atoms with E-state index in [0.717, 1.165) is 12.1 Å². The zero-order valence-electron chi connectivity index (χ0n) is 9.58. The van der Waals surface area contributed by atoms with Gasteiger partial charge < -0.3 is 4.90 Å². The topological polar surface area (TPSA) is 46.4 Å². The highest BCUT2D eigenvalue weighted by molar-refractivity contribution is 6.33. The lowest BCUT2D eigenvalue weighted by Gasteiger charge is -2.14. The SMILES string of the molecule is CN(C)Cc1cc([N+](=O)[O-])c(Cl)c(C(F)(F)F)c1. The monoisotopic (exact) mass is 282 g/mol. The van der Waals surface area contributed by atoms with Gasteiger partial charge in [-0.1, -0.05) is 11.6 Å². The van der Waals surface area contributed by atoms with Crippen LogP contribution in [-0.4, -0.2) is 23.9 Å². The van der Waals surface area contributed by atoms with Gasteiger partial charge in [0.15, 0.2) is 0 Å². The molecule has 0 bridgehead atoms. The van der Waals surface area contributed by atoms with E-state index in [4.69, 9.17) is 11.6 Å². The summed E-state index contributed by atoms with van der Waals surface area (Å²) in [7, 11) is 3.29. The van der Waals surface area contributed by atoms with E-state index >= 15 is 0 Å². The molecule has 4 nitrogen and oxygen atoms in total. The van der Waals surface area contributed by atoms with Crippen molar-refractivity contribution in [1.29, 1.82) is 0 Å². The van der Waals surface area contributed by atoms with Crippen molar-refractivity contribution in [1.82, 2.24) is 4.90 Å². The molecule has 100 valence electrons. The van der Waals surface area contributed by atoms with Gasteiger partial charge in [-0.3, -0.25) is 10.1 Å². The van der Waals surface area contributed by atoms with Gasteiger partial charge in [0.05, 0.1) is 10.5 Å². The van der Waals surface area contributed by atoms with Crippen molar-refractivity contribution in [2.75, 3.05) is 14.1 Å². The molecule has 1 aromatic rings. The first kappa shape index (κ1) is 14.7. The van der Waals surface area contributed by atoms with Gasteiger partial charge in [0.2, 0.25) is 0 Å². The van der Waals surface area contributed by atoms with Crippen molar-refractivity contribution in [2.24, 2.45) is 0 Å². The molecule has 0 saturated carbocycles. The molecule has 0 aliphatic heterocycles. The number of hydrogen-bond acceptors (Lipinski definition) is 3. The molecule has 0 radical (unpaired) electrons. The normalized spacial score (nSPS) is 11.9. The van der Waals surface area contributed by atoms with Crippen LogP contribution in [0.25, 0.3) is 0 Å². The second-order valence-corrected chi connectivity index (χ2v) is 4.35. The van der Waals surface area contributed by atoms with Crippen LogP contribution in [0, 0.1) is 10.1 Å². The second kappa shape index (κ2) is 5.11. The zero-order valence-corrected chi connectivity index (χ0v) is 10.3. The van der Waals surface area contributed by atoms with Crippen molar-refractivity contribution < 1.29 is 18.1 Å². The van der Waals surface area contributed by atoms with Crippen LogP contribution in [0.1, 0.15) is 11.1 Å². The van der Waals surface area contributed by atoms with Gasteiger partial charge in [0, 0.05) is 12.6 Å². The van der Waals surface area contributed by atoms with E-state index in [1.807, 2.05) is 0 Å². The summed E-state index contributed by atoms with van der Waals surface area (Å²) in [6.07, 6.45) is -4.72. The van der Waals surface area contributed by atoms with Gasteiger partial charge in [-0.15, -0.1) is 0 Å². The molecular weight excluding hydrogens is 273 g/mol. The Balaban J connectivity index is 3.42. The first-order valence-electron chi connectivity index (χ1n) is 4.81. The molecular formula is C10H10ClF3N2O2. The summed E-state index contributed by atoms with van der Waals surface area (Å²) in [5, 5.41) is 9.80. The van der Waals surface area contributed by atoms with E-state index < -0.39 is 27.4 Å². The minimum absolute atomic E-state index is 0.154. The van der Waals surface area contributed by atoms with Crippen LogP contribution in [0.5, 0.6) is 0 Å². The molecule has 18 heavy (non-hydrogen) atoms. The predicted octanol–water partition coefficient (Wildman–Crippen LogP) is 3.33. The minimum Gasteiger partial charge on any atom is -0.305 e. The Kier molecular flexibility index (Phi) is 4.18. The zero-order chi connectivity index (χ0) is 14.1. The Morgan fingerprint density at radius 2 is 1.94 bits per heavy atom. The molecule has 0 amide bonds. The van der Waals surface area contributed by atoms with Crippen molar-refractivity contribution in [3.8, 4) is 0 Å². The summed E-state index contributed by atoms with van der Waals surface area (Å²) in [6.45, 7) is 0.154. The van der Waals surface area contributed by atoms with E-state index in [1.54, 1.807) is 19.0 Å². The highest BCUT2D eigenvalue weighted by Crippen LogP contribution is 2.40. The van der Waals surface area contributed by atoms with Gasteiger partial charge in [0.1, 0.15) is 5.02 Å². The molecule has 0 fully saturated rings. The van der Waals surface area contributed by atoms with Gasteiger partial charge in [-0.05, 0) is 25.7 Å². The van der Waals surface area contributed by atoms with Crippen molar-refractivity contribution in [3.63, 3.8) is 0 Å². The number of alkyl halides is 3. The fourth-order valence-corrected chi connectivity index (χ4v) is 1.75. The molecule has 0 heterocycles. The predicted molar refractivity (Wildman–Crippen MR) is 60.5 cm³/mol. The van der Waals surface area contributed by atoms with Gasteiger partial charge in [-0.2, -0.15) is 13.2 Å². The van der Waals surface area contributed by atoms with Crippen molar-refractivity contribution in [2.45, 2.75) is 12.7 Å². The Labute approximate surface area is 106 Å². The van der Waals surface area contributed by atoms with E-state index in [2.05, 4.69) is 0 Å². The Morgan fingerprint density at radius 3 is 2.33 bits per heavy atom. The minimum atomic E-state index is -4.72. The number of hydrogen-bond donors (Lipinski definition) is 0. The summed E-state index contributed by atoms with van der Waals surface area (Å²) < 4.78 is 38.1. The highest BCUT2D eigenvalue weighted by atomic mass is 35.5. The number of rotatable bonds is 3. The lowest BCUT2D eigenvalue weighted by atomic mass is 10.1. The van der Waals surface area contributed by atoms with Crippen LogP contribution in [0.3, 0.4) is 0 Å². The molecule has 0 spiro atoms. The van der Waals surface area contributed by atoms with Crippen molar-refractivity contribution >= 4 is 17.3 Å². The summed E-state index contributed by atoms with van der Waals surface area (Å²) in [5.74, 6) is 0. The number of benzene rings is 1. The first-order valence-corrected chi connectivity index (χ1v) is 5.19. The lowest BCUT2D eigenvalue weighted by molar-refractivity contribution is -0.385. The third-order valence-corrected chi connectivity index (χ3v) is 2.51. The molecule has 1 aromatic carbocycles. The molecule has 0 unspecified atom stereocenters. The summed E-state index contributed by atoms with van der Waals surface area (Å²) in [6, 6.07) is 1.88. The van der Waals surface area contributed by atoms with Gasteiger partial charge in [0.25, 0.3) is 5.69 Å². The maximum atomic E-state index is 12.7. The van der Waals surface area contributed by atoms with E-state index in [0.29, 0.717) is 0 Å². The van der Waals surface area contributed by atoms with Crippen LogP contribution in [0.2, 0.25) is 5.02 Å². The van der Waals surface area contributed by atoms with E-state index in [1.165, 1.54) is 0 Å². The molecule has 1 rings (SSSR count). The van der Waals surface area contributed by atoms with E-state index in [-0.39, 0.29) is 12.1 Å². The van der Waals surface area contributed by atoms with Crippen molar-refractivity contribution in [3.05, 3.63) is 38.4 Å². The Hall–Kier alpha value is -1.34. The van der Waals surface area contributed by atoms with Gasteiger partial charge >= 0.3 is 6.18 Å². The molecule has 8 heteroatoms. The summed E-state index contributed by atoms with van der Waals surface area (Å²) >= 11 is 5.42. The van der Waals surface area contributed by atoms with Crippen LogP contribution >= 0.6 is 11.6 Å². The van der Waals surface area contributed by atoms with E-state index in [9.17, 15) is 23.3 Å². The molecule has 0 aliphatic carbocycles. The number of nitro benzene ring substituents is 1. The largest absolute Gasteiger partial charge is 0.418 e. The lowest BCUT2D eigenvalue weighted by Crippen LogP contribution is -2.13. The molecule has 0 N–H and O–H groups in total. The Morgan fingerprint density at radius 1 is 1.39 bits per heavy atom. The third-order valence-electron chi connectivity index (χ3n) is 2.11. The standard InChI is InChI=1S/C10H10ClF3N2O2/c1-15(2)5-6-3-7(10(12,13)14)9(11)8(4-6)16(17)18/h3-4H,5H2,1-2H3. The summed E-state index contributed by atoms with van der Waals surface area (Å²) in [5.41, 5.74) is -1.73. The Bertz CT molecular complexity index is 475. The number of nitrogens with zero attached hydrogens (tertiary/aromatic N) is 2. The fourth-order valence-electron chi connectivity index (χ4n) is 1.46. The maximum absolute atomic E-state index is 12.7. The quantitative estimate of drug-likeness (QED) is 0.631. The fraction of sp³-hybridized carbons (Fsp3) is 0.400.